The van der Waals surface area contributed by atoms with E-state index in [-0.39, 0.29) is 0 Å². The number of alkyl halides is 3. The second-order valence-corrected chi connectivity index (χ2v) is 4.40. The smallest absolute Gasteiger partial charge is 0.362 e. The van der Waals surface area contributed by atoms with Gasteiger partial charge >= 0.3 is 6.18 Å². The molecule has 0 radical (unpaired) electrons. The Morgan fingerprint density at radius 1 is 1.30 bits per heavy atom. The Bertz CT molecular complexity index is 677. The third-order valence-electron chi connectivity index (χ3n) is 2.30. The van der Waals surface area contributed by atoms with Crippen LogP contribution in [0.2, 0.25) is 0 Å². The maximum absolute atomic E-state index is 11.8. The van der Waals surface area contributed by atoms with E-state index in [9.17, 15) is 18.0 Å². The predicted molar refractivity (Wildman–Crippen MR) is 69.0 cm³/mol. The Morgan fingerprint density at radius 3 is 2.70 bits per heavy atom. The molecule has 0 aliphatic carbocycles. The van der Waals surface area contributed by atoms with Gasteiger partial charge in [-0.3, -0.25) is 4.79 Å². The van der Waals surface area contributed by atoms with Crippen molar-refractivity contribution >= 4 is 34.8 Å². The zero-order chi connectivity index (χ0) is 14.8. The molecule has 1 aromatic heterocycles. The molecule has 2 aromatic rings. The summed E-state index contributed by atoms with van der Waals surface area (Å²) >= 11 is 4.91. The number of rotatable bonds is 4. The molecule has 0 unspecified atom stereocenters. The van der Waals surface area contributed by atoms with E-state index in [4.69, 9.17) is 12.2 Å². The standard InChI is InChI=1S/C11H10F3N3O2S/c12-11(13,14)5-19-4-9(18)15-6-1-2-7-8(3-6)17-10(20)16-7/h1-3H,4-5H2,(H,15,18)(H2,16,17,20). The second-order valence-electron chi connectivity index (χ2n) is 4.00. The number of imidazole rings is 1. The minimum absolute atomic E-state index is 0.434. The Balaban J connectivity index is 1.94. The average molecular weight is 305 g/mol. The highest BCUT2D eigenvalue weighted by Crippen LogP contribution is 2.17. The zero-order valence-corrected chi connectivity index (χ0v) is 10.8. The van der Waals surface area contributed by atoms with Crippen molar-refractivity contribution in [1.82, 2.24) is 9.97 Å². The molecule has 0 fully saturated rings. The van der Waals surface area contributed by atoms with Crippen LogP contribution in [0.25, 0.3) is 11.0 Å². The minimum Gasteiger partial charge on any atom is -0.362 e. The minimum atomic E-state index is -4.45. The van der Waals surface area contributed by atoms with Crippen molar-refractivity contribution in [2.24, 2.45) is 0 Å². The van der Waals surface area contributed by atoms with Gasteiger partial charge in [0.2, 0.25) is 5.91 Å². The summed E-state index contributed by atoms with van der Waals surface area (Å²) in [7, 11) is 0. The fourth-order valence-corrected chi connectivity index (χ4v) is 1.79. The highest BCUT2D eigenvalue weighted by atomic mass is 32.1. The first-order valence-corrected chi connectivity index (χ1v) is 5.91. The molecule has 0 atom stereocenters. The summed E-state index contributed by atoms with van der Waals surface area (Å²) in [5, 5.41) is 2.43. The molecule has 20 heavy (non-hydrogen) atoms. The van der Waals surface area contributed by atoms with Crippen molar-refractivity contribution in [2.75, 3.05) is 18.5 Å². The summed E-state index contributed by atoms with van der Waals surface area (Å²) in [6, 6.07) is 4.90. The van der Waals surface area contributed by atoms with Crippen LogP contribution in [0.1, 0.15) is 0 Å². The zero-order valence-electron chi connectivity index (χ0n) is 10.0. The number of aromatic amines is 2. The molecule has 108 valence electrons. The number of carbonyl (C=O) groups is 1. The van der Waals surface area contributed by atoms with Crippen LogP contribution in [0.3, 0.4) is 0 Å². The molecule has 0 saturated carbocycles. The van der Waals surface area contributed by atoms with Crippen LogP contribution in [-0.4, -0.2) is 35.3 Å². The molecule has 5 nitrogen and oxygen atoms in total. The van der Waals surface area contributed by atoms with Gasteiger partial charge in [0.25, 0.3) is 0 Å². The van der Waals surface area contributed by atoms with Crippen LogP contribution >= 0.6 is 12.2 Å². The van der Waals surface area contributed by atoms with E-state index in [2.05, 4.69) is 20.0 Å². The lowest BCUT2D eigenvalue weighted by atomic mass is 10.3. The van der Waals surface area contributed by atoms with E-state index in [0.29, 0.717) is 16.0 Å². The predicted octanol–water partition coefficient (Wildman–Crippen LogP) is 2.74. The van der Waals surface area contributed by atoms with Crippen molar-refractivity contribution in [1.29, 1.82) is 0 Å². The van der Waals surface area contributed by atoms with Crippen LogP contribution in [0.5, 0.6) is 0 Å². The molecule has 9 heteroatoms. The lowest BCUT2D eigenvalue weighted by molar-refractivity contribution is -0.174. The highest BCUT2D eigenvalue weighted by molar-refractivity contribution is 7.71. The first-order valence-electron chi connectivity index (χ1n) is 5.50. The number of ether oxygens (including phenoxy) is 1. The molecule has 3 N–H and O–H groups in total. The van der Waals surface area contributed by atoms with Gasteiger partial charge in [0.05, 0.1) is 11.0 Å². The first kappa shape index (κ1) is 14.5. The number of anilines is 1. The van der Waals surface area contributed by atoms with Gasteiger partial charge in [-0.1, -0.05) is 0 Å². The van der Waals surface area contributed by atoms with Crippen molar-refractivity contribution in [3.8, 4) is 0 Å². The number of amides is 1. The van der Waals surface area contributed by atoms with Gasteiger partial charge in [-0.05, 0) is 30.4 Å². The number of halogens is 3. The lowest BCUT2D eigenvalue weighted by Crippen LogP contribution is -2.23. The number of hydrogen-bond acceptors (Lipinski definition) is 3. The molecule has 0 aliphatic rings. The van der Waals surface area contributed by atoms with E-state index in [0.717, 1.165) is 5.52 Å². The summed E-state index contributed by atoms with van der Waals surface area (Å²) in [6.07, 6.45) is -4.45. The molecule has 2 rings (SSSR count). The van der Waals surface area contributed by atoms with Crippen molar-refractivity contribution in [3.63, 3.8) is 0 Å². The maximum atomic E-state index is 11.8. The number of benzene rings is 1. The largest absolute Gasteiger partial charge is 0.411 e. The van der Waals surface area contributed by atoms with E-state index < -0.39 is 25.3 Å². The Labute approximate surface area is 116 Å². The van der Waals surface area contributed by atoms with Gasteiger partial charge in [0, 0.05) is 5.69 Å². The van der Waals surface area contributed by atoms with Crippen LogP contribution in [-0.2, 0) is 9.53 Å². The first-order chi connectivity index (χ1) is 9.33. The fourth-order valence-electron chi connectivity index (χ4n) is 1.57. The Kier molecular flexibility index (Phi) is 4.09. The second kappa shape index (κ2) is 5.63. The molecule has 1 amide bonds. The van der Waals surface area contributed by atoms with E-state index >= 15 is 0 Å². The van der Waals surface area contributed by atoms with Crippen molar-refractivity contribution in [2.45, 2.75) is 6.18 Å². The Morgan fingerprint density at radius 2 is 2.00 bits per heavy atom. The van der Waals surface area contributed by atoms with Crippen molar-refractivity contribution in [3.05, 3.63) is 23.0 Å². The van der Waals surface area contributed by atoms with E-state index in [1.54, 1.807) is 18.2 Å². The van der Waals surface area contributed by atoms with Gasteiger partial charge in [-0.25, -0.2) is 0 Å². The molecule has 1 aromatic carbocycles. The maximum Gasteiger partial charge on any atom is 0.411 e. The lowest BCUT2D eigenvalue weighted by Gasteiger charge is -2.08. The summed E-state index contributed by atoms with van der Waals surface area (Å²) in [4.78, 5) is 17.1. The number of fused-ring (bicyclic) bond motifs is 1. The third-order valence-corrected chi connectivity index (χ3v) is 2.50. The summed E-state index contributed by atoms with van der Waals surface area (Å²) < 4.78 is 40.2. The molecule has 1 heterocycles. The topological polar surface area (TPSA) is 69.9 Å². The number of H-pyrrole nitrogens is 2. The normalized spacial score (nSPS) is 11.8. The van der Waals surface area contributed by atoms with Gasteiger partial charge in [0.15, 0.2) is 4.77 Å². The average Bonchev–Trinajstić information content (AvgIpc) is 2.66. The van der Waals surface area contributed by atoms with Crippen LogP contribution in [0, 0.1) is 4.77 Å². The quantitative estimate of drug-likeness (QED) is 0.761. The SMILES string of the molecule is O=C(COCC(F)(F)F)Nc1ccc2[nH]c(=S)[nH]c2c1. The summed E-state index contributed by atoms with van der Waals surface area (Å²) in [5.74, 6) is -0.664. The van der Waals surface area contributed by atoms with Crippen molar-refractivity contribution < 1.29 is 22.7 Å². The number of nitrogens with one attached hydrogen (secondary N) is 3. The highest BCUT2D eigenvalue weighted by Gasteiger charge is 2.27. The molecule has 0 bridgehead atoms. The van der Waals surface area contributed by atoms with E-state index in [1.165, 1.54) is 0 Å². The monoisotopic (exact) mass is 305 g/mol. The Hall–Kier alpha value is -1.87. The summed E-state index contributed by atoms with van der Waals surface area (Å²) in [6.45, 7) is -2.12. The molecular formula is C11H10F3N3O2S. The van der Waals surface area contributed by atoms with E-state index in [1.807, 2.05) is 0 Å². The summed E-state index contributed by atoms with van der Waals surface area (Å²) in [5.41, 5.74) is 1.88. The number of carbonyl (C=O) groups excluding carboxylic acids is 1. The molecular weight excluding hydrogens is 295 g/mol. The van der Waals surface area contributed by atoms with Gasteiger partial charge < -0.3 is 20.0 Å². The van der Waals surface area contributed by atoms with Gasteiger partial charge in [-0.2, -0.15) is 13.2 Å². The van der Waals surface area contributed by atoms with Crippen LogP contribution in [0.15, 0.2) is 18.2 Å². The van der Waals surface area contributed by atoms with Crippen LogP contribution in [0.4, 0.5) is 18.9 Å². The third kappa shape index (κ3) is 4.07. The molecule has 0 aliphatic heterocycles. The van der Waals surface area contributed by atoms with Gasteiger partial charge in [-0.15, -0.1) is 0 Å². The number of aromatic nitrogens is 2. The fraction of sp³-hybridized carbons (Fsp3) is 0.273. The molecule has 0 spiro atoms. The van der Waals surface area contributed by atoms with Crippen LogP contribution < -0.4 is 5.32 Å². The number of hydrogen-bond donors (Lipinski definition) is 3. The van der Waals surface area contributed by atoms with Gasteiger partial charge in [0.1, 0.15) is 13.2 Å². The molecule has 0 saturated heterocycles.